The SMILES string of the molecule is CNC(=O)CCCc1nc(-c2cccs2)no1. The number of hydrogen-bond acceptors (Lipinski definition) is 5. The van der Waals surface area contributed by atoms with Crippen molar-refractivity contribution in [3.63, 3.8) is 0 Å². The van der Waals surface area contributed by atoms with Crippen molar-refractivity contribution in [1.29, 1.82) is 0 Å². The number of carbonyl (C=O) groups excluding carboxylic acids is 1. The topological polar surface area (TPSA) is 68.0 Å². The van der Waals surface area contributed by atoms with Crippen LogP contribution >= 0.6 is 11.3 Å². The normalized spacial score (nSPS) is 10.4. The van der Waals surface area contributed by atoms with Crippen LogP contribution in [0.3, 0.4) is 0 Å². The van der Waals surface area contributed by atoms with Crippen molar-refractivity contribution in [3.05, 3.63) is 23.4 Å². The van der Waals surface area contributed by atoms with Crippen LogP contribution in [0.2, 0.25) is 0 Å². The molecule has 90 valence electrons. The summed E-state index contributed by atoms with van der Waals surface area (Å²) >= 11 is 1.57. The third kappa shape index (κ3) is 3.13. The predicted octanol–water partition coefficient (Wildman–Crippen LogP) is 1.87. The second-order valence-electron chi connectivity index (χ2n) is 3.52. The molecule has 0 saturated carbocycles. The van der Waals surface area contributed by atoms with Crippen LogP contribution in [0.25, 0.3) is 10.7 Å². The van der Waals surface area contributed by atoms with Crippen LogP contribution in [0.15, 0.2) is 22.0 Å². The number of nitrogens with zero attached hydrogens (tertiary/aromatic N) is 2. The van der Waals surface area contributed by atoms with E-state index in [-0.39, 0.29) is 5.91 Å². The Morgan fingerprint density at radius 2 is 2.47 bits per heavy atom. The summed E-state index contributed by atoms with van der Waals surface area (Å²) in [6.45, 7) is 0. The molecule has 1 amide bonds. The number of rotatable bonds is 5. The molecular formula is C11H13N3O2S. The quantitative estimate of drug-likeness (QED) is 0.880. The van der Waals surface area contributed by atoms with Crippen LogP contribution in [-0.2, 0) is 11.2 Å². The number of aryl methyl sites for hydroxylation is 1. The molecule has 0 fully saturated rings. The average Bonchev–Trinajstić information content (AvgIpc) is 2.98. The van der Waals surface area contributed by atoms with Crippen LogP contribution < -0.4 is 5.32 Å². The average molecular weight is 251 g/mol. The van der Waals surface area contributed by atoms with E-state index in [1.54, 1.807) is 18.4 Å². The van der Waals surface area contributed by atoms with Gasteiger partial charge in [0.05, 0.1) is 4.88 Å². The smallest absolute Gasteiger partial charge is 0.226 e. The zero-order chi connectivity index (χ0) is 12.1. The van der Waals surface area contributed by atoms with Crippen molar-refractivity contribution in [2.45, 2.75) is 19.3 Å². The van der Waals surface area contributed by atoms with Gasteiger partial charge in [0, 0.05) is 19.9 Å². The molecule has 0 bridgehead atoms. The lowest BCUT2D eigenvalue weighted by Gasteiger charge is -1.95. The summed E-state index contributed by atoms with van der Waals surface area (Å²) in [5, 5.41) is 8.44. The Balaban J connectivity index is 1.89. The highest BCUT2D eigenvalue weighted by Crippen LogP contribution is 2.21. The molecule has 17 heavy (non-hydrogen) atoms. The number of thiophene rings is 1. The van der Waals surface area contributed by atoms with Crippen molar-refractivity contribution >= 4 is 17.2 Å². The highest BCUT2D eigenvalue weighted by atomic mass is 32.1. The van der Waals surface area contributed by atoms with E-state index in [1.165, 1.54) is 0 Å². The van der Waals surface area contributed by atoms with Crippen LogP contribution in [0.5, 0.6) is 0 Å². The van der Waals surface area contributed by atoms with Gasteiger partial charge in [0.2, 0.25) is 17.6 Å². The van der Waals surface area contributed by atoms with E-state index in [1.807, 2.05) is 17.5 Å². The third-order valence-corrected chi connectivity index (χ3v) is 3.15. The monoisotopic (exact) mass is 251 g/mol. The number of carbonyl (C=O) groups is 1. The highest BCUT2D eigenvalue weighted by molar-refractivity contribution is 7.13. The van der Waals surface area contributed by atoms with Crippen molar-refractivity contribution in [3.8, 4) is 10.7 Å². The van der Waals surface area contributed by atoms with E-state index >= 15 is 0 Å². The van der Waals surface area contributed by atoms with Crippen LogP contribution in [0.1, 0.15) is 18.7 Å². The van der Waals surface area contributed by atoms with Gasteiger partial charge in [-0.2, -0.15) is 4.98 Å². The second-order valence-corrected chi connectivity index (χ2v) is 4.46. The van der Waals surface area contributed by atoms with Gasteiger partial charge >= 0.3 is 0 Å². The van der Waals surface area contributed by atoms with Gasteiger partial charge in [0.25, 0.3) is 0 Å². The number of aromatic nitrogens is 2. The Morgan fingerprint density at radius 1 is 1.59 bits per heavy atom. The van der Waals surface area contributed by atoms with Crippen molar-refractivity contribution < 1.29 is 9.32 Å². The zero-order valence-corrected chi connectivity index (χ0v) is 10.3. The molecule has 2 rings (SSSR count). The molecule has 0 aromatic carbocycles. The maximum atomic E-state index is 11.0. The molecule has 0 aliphatic heterocycles. The Hall–Kier alpha value is -1.69. The summed E-state index contributed by atoms with van der Waals surface area (Å²) in [5.41, 5.74) is 0. The minimum atomic E-state index is 0.0306. The first kappa shape index (κ1) is 11.8. The fourth-order valence-corrected chi connectivity index (χ4v) is 2.04. The van der Waals surface area contributed by atoms with Gasteiger partial charge in [-0.25, -0.2) is 0 Å². The molecule has 2 heterocycles. The Bertz CT molecular complexity index is 479. The molecule has 0 aliphatic rings. The molecular weight excluding hydrogens is 238 g/mol. The van der Waals surface area contributed by atoms with Gasteiger partial charge in [-0.05, 0) is 17.9 Å². The Morgan fingerprint density at radius 3 is 3.18 bits per heavy atom. The van der Waals surface area contributed by atoms with Crippen LogP contribution in [-0.4, -0.2) is 23.1 Å². The summed E-state index contributed by atoms with van der Waals surface area (Å²) in [6, 6.07) is 3.89. The standard InChI is InChI=1S/C11H13N3O2S/c1-12-9(15)5-2-6-10-13-11(14-16-10)8-4-3-7-17-8/h3-4,7H,2,5-6H2,1H3,(H,12,15). The first-order chi connectivity index (χ1) is 8.29. The lowest BCUT2D eigenvalue weighted by atomic mass is 10.2. The van der Waals surface area contributed by atoms with Gasteiger partial charge in [0.1, 0.15) is 0 Å². The molecule has 2 aromatic heterocycles. The molecule has 0 radical (unpaired) electrons. The van der Waals surface area contributed by atoms with Crippen molar-refractivity contribution in [2.75, 3.05) is 7.05 Å². The fraction of sp³-hybridized carbons (Fsp3) is 0.364. The molecule has 0 unspecified atom stereocenters. The molecule has 0 atom stereocenters. The maximum absolute atomic E-state index is 11.0. The third-order valence-electron chi connectivity index (χ3n) is 2.28. The lowest BCUT2D eigenvalue weighted by molar-refractivity contribution is -0.120. The molecule has 0 aliphatic carbocycles. The molecule has 2 aromatic rings. The van der Waals surface area contributed by atoms with Crippen LogP contribution in [0.4, 0.5) is 0 Å². The Labute approximate surface area is 103 Å². The predicted molar refractivity (Wildman–Crippen MR) is 64.6 cm³/mol. The highest BCUT2D eigenvalue weighted by Gasteiger charge is 2.09. The molecule has 6 heteroatoms. The summed E-state index contributed by atoms with van der Waals surface area (Å²) in [6.07, 6.45) is 1.82. The van der Waals surface area contributed by atoms with E-state index in [2.05, 4.69) is 15.5 Å². The first-order valence-corrected chi connectivity index (χ1v) is 6.24. The van der Waals surface area contributed by atoms with E-state index in [0.29, 0.717) is 31.0 Å². The fourth-order valence-electron chi connectivity index (χ4n) is 1.39. The second kappa shape index (κ2) is 5.58. The number of amides is 1. The van der Waals surface area contributed by atoms with E-state index in [4.69, 9.17) is 4.52 Å². The van der Waals surface area contributed by atoms with Gasteiger partial charge in [-0.3, -0.25) is 4.79 Å². The molecule has 5 nitrogen and oxygen atoms in total. The number of hydrogen-bond donors (Lipinski definition) is 1. The summed E-state index contributed by atoms with van der Waals surface area (Å²) in [5.74, 6) is 1.23. The van der Waals surface area contributed by atoms with Gasteiger partial charge in [-0.1, -0.05) is 11.2 Å². The van der Waals surface area contributed by atoms with Gasteiger partial charge in [0.15, 0.2) is 0 Å². The zero-order valence-electron chi connectivity index (χ0n) is 9.47. The lowest BCUT2D eigenvalue weighted by Crippen LogP contribution is -2.17. The first-order valence-electron chi connectivity index (χ1n) is 5.36. The van der Waals surface area contributed by atoms with E-state index in [0.717, 1.165) is 4.88 Å². The summed E-state index contributed by atoms with van der Waals surface area (Å²) < 4.78 is 5.12. The maximum Gasteiger partial charge on any atom is 0.226 e. The van der Waals surface area contributed by atoms with Gasteiger partial charge in [-0.15, -0.1) is 11.3 Å². The summed E-state index contributed by atoms with van der Waals surface area (Å²) in [7, 11) is 1.63. The minimum Gasteiger partial charge on any atom is -0.359 e. The largest absolute Gasteiger partial charge is 0.359 e. The van der Waals surface area contributed by atoms with Crippen LogP contribution in [0, 0.1) is 0 Å². The summed E-state index contributed by atoms with van der Waals surface area (Å²) in [4.78, 5) is 16.3. The number of nitrogens with one attached hydrogen (secondary N) is 1. The molecule has 0 saturated heterocycles. The van der Waals surface area contributed by atoms with Gasteiger partial charge < -0.3 is 9.84 Å². The van der Waals surface area contributed by atoms with Crippen molar-refractivity contribution in [2.24, 2.45) is 0 Å². The molecule has 0 spiro atoms. The van der Waals surface area contributed by atoms with E-state index < -0.39 is 0 Å². The minimum absolute atomic E-state index is 0.0306. The van der Waals surface area contributed by atoms with Crippen molar-refractivity contribution in [1.82, 2.24) is 15.5 Å². The Kier molecular flexibility index (Phi) is 3.87. The van der Waals surface area contributed by atoms with E-state index in [9.17, 15) is 4.79 Å². The molecule has 1 N–H and O–H groups in total.